The summed E-state index contributed by atoms with van der Waals surface area (Å²) in [6.07, 6.45) is -2.15. The van der Waals surface area contributed by atoms with E-state index in [4.69, 9.17) is 10.2 Å². The number of nitrogens with zero attached hydrogens (tertiary/aromatic N) is 1. The first kappa shape index (κ1) is 11.1. The Balaban J connectivity index is 3.50. The number of aromatic hydroxyl groups is 1. The van der Waals surface area contributed by atoms with E-state index in [1.165, 1.54) is 22.6 Å². The van der Waals surface area contributed by atoms with Crippen molar-refractivity contribution in [2.75, 3.05) is 0 Å². The molecule has 1 heterocycles. The molecular weight excluding hydrogens is 311 g/mol. The number of halogens is 3. The number of alkyl halides is 2. The lowest BCUT2D eigenvalue weighted by Crippen LogP contribution is -2.07. The molecule has 0 bridgehead atoms. The van der Waals surface area contributed by atoms with E-state index in [2.05, 4.69) is 4.98 Å². The zero-order chi connectivity index (χ0) is 10.9. The van der Waals surface area contributed by atoms with Crippen molar-refractivity contribution in [2.24, 2.45) is 0 Å². The van der Waals surface area contributed by atoms with Crippen molar-refractivity contribution < 1.29 is 23.8 Å². The molecule has 7 heteroatoms. The van der Waals surface area contributed by atoms with Crippen molar-refractivity contribution in [1.29, 1.82) is 0 Å². The maximum Gasteiger partial charge on any atom is 0.340 e. The van der Waals surface area contributed by atoms with Crippen LogP contribution in [0.3, 0.4) is 0 Å². The fourth-order valence-electron chi connectivity index (χ4n) is 0.917. The molecule has 0 fully saturated rings. The number of rotatable bonds is 2. The third-order valence-corrected chi connectivity index (χ3v) is 2.34. The van der Waals surface area contributed by atoms with Crippen LogP contribution in [0.1, 0.15) is 22.3 Å². The van der Waals surface area contributed by atoms with Crippen LogP contribution in [0, 0.1) is 3.70 Å². The van der Waals surface area contributed by atoms with Gasteiger partial charge in [0.25, 0.3) is 6.43 Å². The first-order valence-electron chi connectivity index (χ1n) is 3.34. The highest BCUT2D eigenvalue weighted by Gasteiger charge is 2.25. The molecule has 0 aliphatic rings. The molecule has 1 rings (SSSR count). The average Bonchev–Trinajstić information content (AvgIpc) is 2.07. The third kappa shape index (κ3) is 1.91. The van der Waals surface area contributed by atoms with Gasteiger partial charge in [-0.05, 0) is 22.6 Å². The first-order valence-corrected chi connectivity index (χ1v) is 4.41. The molecule has 0 spiro atoms. The summed E-state index contributed by atoms with van der Waals surface area (Å²) < 4.78 is 24.7. The van der Waals surface area contributed by atoms with Crippen LogP contribution in [0.2, 0.25) is 0 Å². The number of carboxylic acid groups (broad SMARTS) is 1. The van der Waals surface area contributed by atoms with Crippen molar-refractivity contribution in [2.45, 2.75) is 6.43 Å². The summed E-state index contributed by atoms with van der Waals surface area (Å²) in [7, 11) is 0. The fraction of sp³-hybridized carbons (Fsp3) is 0.143. The molecule has 0 unspecified atom stereocenters. The van der Waals surface area contributed by atoms with Gasteiger partial charge in [0, 0.05) is 0 Å². The van der Waals surface area contributed by atoms with Crippen LogP contribution in [0.15, 0.2) is 6.20 Å². The predicted octanol–water partition coefficient (Wildman–Crippen LogP) is 2.03. The molecule has 0 aliphatic heterocycles. The van der Waals surface area contributed by atoms with E-state index in [0.29, 0.717) is 0 Å². The van der Waals surface area contributed by atoms with Gasteiger partial charge in [-0.2, -0.15) is 0 Å². The molecule has 0 aliphatic carbocycles. The second kappa shape index (κ2) is 4.03. The average molecular weight is 315 g/mol. The van der Waals surface area contributed by atoms with E-state index in [9.17, 15) is 13.6 Å². The second-order valence-corrected chi connectivity index (χ2v) is 3.35. The molecule has 0 aromatic carbocycles. The molecule has 0 saturated carbocycles. The number of pyridine rings is 1. The van der Waals surface area contributed by atoms with Gasteiger partial charge < -0.3 is 10.2 Å². The predicted molar refractivity (Wildman–Crippen MR) is 50.5 cm³/mol. The Hall–Kier alpha value is -0.990. The highest BCUT2D eigenvalue weighted by molar-refractivity contribution is 14.1. The van der Waals surface area contributed by atoms with Crippen LogP contribution in [-0.4, -0.2) is 21.2 Å². The van der Waals surface area contributed by atoms with Crippen LogP contribution in [0.5, 0.6) is 5.75 Å². The monoisotopic (exact) mass is 315 g/mol. The van der Waals surface area contributed by atoms with Gasteiger partial charge in [-0.25, -0.2) is 18.6 Å². The van der Waals surface area contributed by atoms with E-state index < -0.39 is 29.3 Å². The van der Waals surface area contributed by atoms with Gasteiger partial charge in [-0.3, -0.25) is 0 Å². The largest absolute Gasteiger partial charge is 0.505 e. The minimum Gasteiger partial charge on any atom is -0.505 e. The van der Waals surface area contributed by atoms with Crippen molar-refractivity contribution in [3.05, 3.63) is 21.0 Å². The minimum absolute atomic E-state index is 0.132. The van der Waals surface area contributed by atoms with Gasteiger partial charge in [0.15, 0.2) is 0 Å². The summed E-state index contributed by atoms with van der Waals surface area (Å²) in [5.41, 5.74) is -1.54. The Morgan fingerprint density at radius 3 is 2.50 bits per heavy atom. The Labute approximate surface area is 90.7 Å². The SMILES string of the molecule is O=C(O)c1c(O)cnc(I)c1C(F)F. The lowest BCUT2D eigenvalue weighted by molar-refractivity contribution is 0.0680. The fourth-order valence-corrected chi connectivity index (χ4v) is 1.56. The summed E-state index contributed by atoms with van der Waals surface area (Å²) in [6.45, 7) is 0. The zero-order valence-electron chi connectivity index (χ0n) is 6.54. The summed E-state index contributed by atoms with van der Waals surface area (Å²) in [5.74, 6) is -2.36. The van der Waals surface area contributed by atoms with E-state index in [0.717, 1.165) is 6.20 Å². The van der Waals surface area contributed by atoms with E-state index >= 15 is 0 Å². The summed E-state index contributed by atoms with van der Waals surface area (Å²) in [6, 6.07) is 0. The topological polar surface area (TPSA) is 70.4 Å². The number of aromatic nitrogens is 1. The van der Waals surface area contributed by atoms with Crippen molar-refractivity contribution >= 4 is 28.6 Å². The van der Waals surface area contributed by atoms with Crippen LogP contribution < -0.4 is 0 Å². The van der Waals surface area contributed by atoms with E-state index in [1.807, 2.05) is 0 Å². The molecule has 0 amide bonds. The maximum atomic E-state index is 12.4. The number of hydrogen-bond acceptors (Lipinski definition) is 3. The highest BCUT2D eigenvalue weighted by Crippen LogP contribution is 2.31. The second-order valence-electron chi connectivity index (χ2n) is 2.33. The van der Waals surface area contributed by atoms with Crippen LogP contribution in [0.25, 0.3) is 0 Å². The van der Waals surface area contributed by atoms with Crippen molar-refractivity contribution in [3.63, 3.8) is 0 Å². The van der Waals surface area contributed by atoms with Gasteiger partial charge in [-0.1, -0.05) is 0 Å². The first-order chi connectivity index (χ1) is 6.45. The smallest absolute Gasteiger partial charge is 0.340 e. The van der Waals surface area contributed by atoms with E-state index in [-0.39, 0.29) is 3.70 Å². The highest BCUT2D eigenvalue weighted by atomic mass is 127. The van der Waals surface area contributed by atoms with Gasteiger partial charge in [0.2, 0.25) is 0 Å². The molecule has 14 heavy (non-hydrogen) atoms. The molecule has 0 saturated heterocycles. The van der Waals surface area contributed by atoms with Crippen molar-refractivity contribution in [3.8, 4) is 5.75 Å². The molecule has 1 aromatic rings. The third-order valence-electron chi connectivity index (χ3n) is 1.48. The van der Waals surface area contributed by atoms with Gasteiger partial charge in [0.05, 0.1) is 11.8 Å². The molecule has 76 valence electrons. The number of hydrogen-bond donors (Lipinski definition) is 2. The number of carboxylic acids is 1. The van der Waals surface area contributed by atoms with Crippen molar-refractivity contribution in [1.82, 2.24) is 4.98 Å². The molecule has 4 nitrogen and oxygen atoms in total. The quantitative estimate of drug-likeness (QED) is 0.647. The van der Waals surface area contributed by atoms with Crippen LogP contribution in [-0.2, 0) is 0 Å². The normalized spacial score (nSPS) is 10.6. The Morgan fingerprint density at radius 1 is 1.57 bits per heavy atom. The number of carbonyl (C=O) groups is 1. The molecule has 2 N–H and O–H groups in total. The van der Waals surface area contributed by atoms with Crippen LogP contribution in [0.4, 0.5) is 8.78 Å². The molecule has 0 radical (unpaired) electrons. The van der Waals surface area contributed by atoms with Gasteiger partial charge in [0.1, 0.15) is 15.0 Å². The Kier molecular flexibility index (Phi) is 3.19. The maximum absolute atomic E-state index is 12.4. The molecule has 1 aromatic heterocycles. The standard InChI is InChI=1S/C7H4F2INO3/c8-5(9)4-3(7(13)14)2(12)1-11-6(4)10/h1,5,12H,(H,13,14). The van der Waals surface area contributed by atoms with Crippen LogP contribution >= 0.6 is 22.6 Å². The molecule has 0 atom stereocenters. The Bertz CT molecular complexity index is 383. The summed E-state index contributed by atoms with van der Waals surface area (Å²) in [4.78, 5) is 14.0. The number of aromatic carboxylic acids is 1. The Morgan fingerprint density at radius 2 is 2.14 bits per heavy atom. The lowest BCUT2D eigenvalue weighted by atomic mass is 10.1. The summed E-state index contributed by atoms with van der Waals surface area (Å²) in [5, 5.41) is 17.7. The van der Waals surface area contributed by atoms with Gasteiger partial charge >= 0.3 is 5.97 Å². The van der Waals surface area contributed by atoms with Gasteiger partial charge in [-0.15, -0.1) is 0 Å². The lowest BCUT2D eigenvalue weighted by Gasteiger charge is -2.07. The molecular formula is C7H4F2INO3. The zero-order valence-corrected chi connectivity index (χ0v) is 8.70. The van der Waals surface area contributed by atoms with E-state index in [1.54, 1.807) is 0 Å². The minimum atomic E-state index is -2.98. The summed E-state index contributed by atoms with van der Waals surface area (Å²) >= 11 is 1.49.